The van der Waals surface area contributed by atoms with Crippen molar-refractivity contribution in [1.29, 1.82) is 0 Å². The molecule has 0 aliphatic heterocycles. The molecule has 0 saturated heterocycles. The lowest BCUT2D eigenvalue weighted by Crippen LogP contribution is -2.22. The van der Waals surface area contributed by atoms with Crippen LogP contribution >= 0.6 is 15.9 Å². The van der Waals surface area contributed by atoms with Gasteiger partial charge in [0.2, 0.25) is 0 Å². The Morgan fingerprint density at radius 3 is 2.63 bits per heavy atom. The molecule has 1 N–H and O–H groups in total. The van der Waals surface area contributed by atoms with Crippen molar-refractivity contribution in [3.63, 3.8) is 0 Å². The van der Waals surface area contributed by atoms with Gasteiger partial charge in [0.15, 0.2) is 0 Å². The van der Waals surface area contributed by atoms with E-state index in [1.54, 1.807) is 12.3 Å². The minimum Gasteiger partial charge on any atom is -0.480 e. The predicted octanol–water partition coefficient (Wildman–Crippen LogP) is 3.02. The molecule has 1 fully saturated rings. The Hall–Kier alpha value is -1.75. The second-order valence-corrected chi connectivity index (χ2v) is 5.49. The molecular weight excluding hydrogens is 308 g/mol. The van der Waals surface area contributed by atoms with E-state index in [1.165, 1.54) is 0 Å². The molecule has 19 heavy (non-hydrogen) atoms. The van der Waals surface area contributed by atoms with Crippen molar-refractivity contribution in [3.05, 3.63) is 46.8 Å². The number of carboxylic acid groups (broad SMARTS) is 1. The molecule has 4 nitrogen and oxygen atoms in total. The van der Waals surface area contributed by atoms with Gasteiger partial charge in [-0.05, 0) is 25.0 Å². The Morgan fingerprint density at radius 1 is 1.26 bits per heavy atom. The molecule has 1 aromatic heterocycles. The first kappa shape index (κ1) is 12.3. The fraction of sp³-hybridized carbons (Fsp3) is 0.214. The first-order valence-corrected chi connectivity index (χ1v) is 6.75. The van der Waals surface area contributed by atoms with Crippen molar-refractivity contribution in [2.75, 3.05) is 0 Å². The molecule has 0 unspecified atom stereocenters. The highest BCUT2D eigenvalue weighted by molar-refractivity contribution is 9.10. The summed E-state index contributed by atoms with van der Waals surface area (Å²) in [6.45, 7) is 0. The lowest BCUT2D eigenvalue weighted by atomic mass is 10.1. The number of hydrogen-bond acceptors (Lipinski definition) is 3. The van der Waals surface area contributed by atoms with E-state index in [0.717, 1.165) is 15.7 Å². The molecule has 0 spiro atoms. The molecule has 0 atom stereocenters. The van der Waals surface area contributed by atoms with Crippen LogP contribution in [0.3, 0.4) is 0 Å². The molecule has 0 bridgehead atoms. The molecule has 5 heteroatoms. The third-order valence-electron chi connectivity index (χ3n) is 3.39. The molecule has 0 amide bonds. The first-order valence-electron chi connectivity index (χ1n) is 5.95. The van der Waals surface area contributed by atoms with Crippen LogP contribution in [0.2, 0.25) is 0 Å². The number of carbonyl (C=O) groups is 1. The molecule has 2 aromatic rings. The van der Waals surface area contributed by atoms with Crippen LogP contribution in [0.15, 0.2) is 41.0 Å². The van der Waals surface area contributed by atoms with Gasteiger partial charge >= 0.3 is 5.97 Å². The zero-order valence-corrected chi connectivity index (χ0v) is 11.6. The van der Waals surface area contributed by atoms with E-state index in [2.05, 4.69) is 25.9 Å². The molecule has 1 aliphatic carbocycles. The topological polar surface area (TPSA) is 63.1 Å². The van der Waals surface area contributed by atoms with E-state index in [1.807, 2.05) is 24.3 Å². The summed E-state index contributed by atoms with van der Waals surface area (Å²) >= 11 is 3.48. The number of benzene rings is 1. The summed E-state index contributed by atoms with van der Waals surface area (Å²) in [6, 6.07) is 9.51. The van der Waals surface area contributed by atoms with E-state index in [-0.39, 0.29) is 0 Å². The van der Waals surface area contributed by atoms with Crippen LogP contribution < -0.4 is 0 Å². The largest absolute Gasteiger partial charge is 0.480 e. The van der Waals surface area contributed by atoms with E-state index in [0.29, 0.717) is 18.7 Å². The highest BCUT2D eigenvalue weighted by Gasteiger charge is 2.54. The summed E-state index contributed by atoms with van der Waals surface area (Å²) in [5, 5.41) is 9.28. The average Bonchev–Trinajstić information content (AvgIpc) is 3.21. The van der Waals surface area contributed by atoms with E-state index in [4.69, 9.17) is 0 Å². The third-order valence-corrected chi connectivity index (χ3v) is 4.08. The van der Waals surface area contributed by atoms with Crippen molar-refractivity contribution in [2.45, 2.75) is 18.3 Å². The fourth-order valence-corrected chi connectivity index (χ4v) is 2.55. The van der Waals surface area contributed by atoms with Crippen LogP contribution in [0.25, 0.3) is 11.3 Å². The normalized spacial score (nSPS) is 16.1. The monoisotopic (exact) mass is 318 g/mol. The van der Waals surface area contributed by atoms with Crippen LogP contribution in [-0.4, -0.2) is 21.0 Å². The van der Waals surface area contributed by atoms with Gasteiger partial charge < -0.3 is 5.11 Å². The van der Waals surface area contributed by atoms with Gasteiger partial charge in [-0.3, -0.25) is 4.79 Å². The minimum atomic E-state index is -0.864. The molecule has 1 heterocycles. The molecular formula is C14H11BrN2O2. The SMILES string of the molecule is O=C(O)C1(c2nccc(-c3ccccc3Br)n2)CC1. The zero-order valence-electron chi connectivity index (χ0n) is 10.0. The fourth-order valence-electron chi connectivity index (χ4n) is 2.07. The summed E-state index contributed by atoms with van der Waals surface area (Å²) in [5.41, 5.74) is 0.814. The van der Waals surface area contributed by atoms with Gasteiger partial charge in [-0.25, -0.2) is 9.97 Å². The maximum absolute atomic E-state index is 11.3. The third kappa shape index (κ3) is 2.04. The van der Waals surface area contributed by atoms with E-state index >= 15 is 0 Å². The maximum Gasteiger partial charge on any atom is 0.317 e. The van der Waals surface area contributed by atoms with E-state index in [9.17, 15) is 9.90 Å². The number of halogens is 1. The Balaban J connectivity index is 2.07. The standard InChI is InChI=1S/C14H11BrN2O2/c15-10-4-2-1-3-9(10)11-5-8-16-12(17-11)14(6-7-14)13(18)19/h1-5,8H,6-7H2,(H,18,19). The van der Waals surface area contributed by atoms with Crippen LogP contribution in [0, 0.1) is 0 Å². The highest BCUT2D eigenvalue weighted by Crippen LogP contribution is 2.47. The van der Waals surface area contributed by atoms with E-state index < -0.39 is 11.4 Å². The molecule has 96 valence electrons. The Labute approximate surface area is 118 Å². The Kier molecular flexibility index (Phi) is 2.86. The van der Waals surface area contributed by atoms with Crippen molar-refractivity contribution >= 4 is 21.9 Å². The summed E-state index contributed by atoms with van der Waals surface area (Å²) in [7, 11) is 0. The maximum atomic E-state index is 11.3. The van der Waals surface area contributed by atoms with Crippen LogP contribution in [0.5, 0.6) is 0 Å². The molecule has 3 rings (SSSR count). The number of hydrogen-bond donors (Lipinski definition) is 1. The minimum absolute atomic E-state index is 0.410. The number of aliphatic carboxylic acids is 1. The number of rotatable bonds is 3. The summed E-state index contributed by atoms with van der Waals surface area (Å²) in [5.74, 6) is -0.426. The lowest BCUT2D eigenvalue weighted by Gasteiger charge is -2.10. The summed E-state index contributed by atoms with van der Waals surface area (Å²) < 4.78 is 0.930. The van der Waals surface area contributed by atoms with Crippen LogP contribution in [-0.2, 0) is 10.2 Å². The molecule has 1 saturated carbocycles. The molecule has 1 aromatic carbocycles. The van der Waals surface area contributed by atoms with Gasteiger partial charge in [0.1, 0.15) is 11.2 Å². The number of aromatic nitrogens is 2. The van der Waals surface area contributed by atoms with Gasteiger partial charge in [-0.2, -0.15) is 0 Å². The zero-order chi connectivity index (χ0) is 13.5. The summed E-state index contributed by atoms with van der Waals surface area (Å²) in [6.07, 6.45) is 2.85. The Morgan fingerprint density at radius 2 is 2.00 bits per heavy atom. The van der Waals surface area contributed by atoms with Crippen LogP contribution in [0.1, 0.15) is 18.7 Å². The van der Waals surface area contributed by atoms with Gasteiger partial charge in [-0.1, -0.05) is 34.1 Å². The van der Waals surface area contributed by atoms with Crippen molar-refractivity contribution in [1.82, 2.24) is 9.97 Å². The smallest absolute Gasteiger partial charge is 0.317 e. The molecule has 0 radical (unpaired) electrons. The second kappa shape index (κ2) is 4.42. The number of nitrogens with zero attached hydrogens (tertiary/aromatic N) is 2. The van der Waals surface area contributed by atoms with Gasteiger partial charge in [0.25, 0.3) is 0 Å². The lowest BCUT2D eigenvalue weighted by molar-refractivity contribution is -0.140. The number of carboxylic acids is 1. The van der Waals surface area contributed by atoms with Crippen molar-refractivity contribution in [3.8, 4) is 11.3 Å². The van der Waals surface area contributed by atoms with Crippen molar-refractivity contribution in [2.24, 2.45) is 0 Å². The highest BCUT2D eigenvalue weighted by atomic mass is 79.9. The first-order chi connectivity index (χ1) is 9.13. The Bertz CT molecular complexity index is 653. The van der Waals surface area contributed by atoms with Crippen molar-refractivity contribution < 1.29 is 9.90 Å². The predicted molar refractivity (Wildman–Crippen MR) is 73.7 cm³/mol. The average molecular weight is 319 g/mol. The molecule has 1 aliphatic rings. The summed E-state index contributed by atoms with van der Waals surface area (Å²) in [4.78, 5) is 19.9. The van der Waals surface area contributed by atoms with Crippen LogP contribution in [0.4, 0.5) is 0 Å². The second-order valence-electron chi connectivity index (χ2n) is 4.63. The van der Waals surface area contributed by atoms with Gasteiger partial charge in [-0.15, -0.1) is 0 Å². The quantitative estimate of drug-likeness (QED) is 0.944. The van der Waals surface area contributed by atoms with Gasteiger partial charge in [0, 0.05) is 16.2 Å². The van der Waals surface area contributed by atoms with Gasteiger partial charge in [0.05, 0.1) is 5.69 Å².